The van der Waals surface area contributed by atoms with Crippen molar-refractivity contribution < 1.29 is 9.66 Å². The van der Waals surface area contributed by atoms with Crippen LogP contribution in [0.2, 0.25) is 0 Å². The average Bonchev–Trinajstić information content (AvgIpc) is 2.26. The number of ether oxygens (including phenoxy) is 1. The van der Waals surface area contributed by atoms with Gasteiger partial charge in [-0.1, -0.05) is 0 Å². The van der Waals surface area contributed by atoms with Gasteiger partial charge in [0.2, 0.25) is 0 Å². The van der Waals surface area contributed by atoms with Crippen LogP contribution in [0.15, 0.2) is 22.6 Å². The van der Waals surface area contributed by atoms with E-state index in [1.165, 1.54) is 12.1 Å². The Morgan fingerprint density at radius 3 is 2.82 bits per heavy atom. The van der Waals surface area contributed by atoms with Crippen molar-refractivity contribution in [1.82, 2.24) is 0 Å². The Morgan fingerprint density at radius 2 is 2.24 bits per heavy atom. The molecule has 17 heavy (non-hydrogen) atoms. The molecule has 0 fully saturated rings. The maximum absolute atomic E-state index is 10.7. The van der Waals surface area contributed by atoms with Crippen LogP contribution in [-0.4, -0.2) is 16.2 Å². The third-order valence-corrected chi connectivity index (χ3v) is 2.83. The Kier molecular flexibility index (Phi) is 2.82. The Balaban J connectivity index is 2.54. The highest BCUT2D eigenvalue weighted by molar-refractivity contribution is 7.79. The lowest BCUT2D eigenvalue weighted by Gasteiger charge is -2.32. The van der Waals surface area contributed by atoms with Gasteiger partial charge in [0.05, 0.1) is 10.6 Å². The molecule has 0 saturated carbocycles. The van der Waals surface area contributed by atoms with Gasteiger partial charge < -0.3 is 4.74 Å². The van der Waals surface area contributed by atoms with E-state index in [1.54, 1.807) is 6.07 Å². The zero-order valence-corrected chi connectivity index (χ0v) is 10.4. The second-order valence-electron chi connectivity index (χ2n) is 4.52. The number of benzene rings is 1. The van der Waals surface area contributed by atoms with E-state index in [-0.39, 0.29) is 11.3 Å². The standard InChI is InChI=1S/C11H12N2O3S/c1-11(2)6-9(12-17)8-5-7(13(14)15)3-4-10(8)16-11/h3-5,17H,6H2,1-2H3/b12-9+. The second kappa shape index (κ2) is 4.03. The number of hydrogen-bond acceptors (Lipinski definition) is 5. The van der Waals surface area contributed by atoms with Gasteiger partial charge in [-0.15, -0.1) is 0 Å². The van der Waals surface area contributed by atoms with Gasteiger partial charge in [-0.25, -0.2) is 4.40 Å². The lowest BCUT2D eigenvalue weighted by atomic mass is 9.92. The summed E-state index contributed by atoms with van der Waals surface area (Å²) in [6, 6.07) is 4.50. The van der Waals surface area contributed by atoms with Crippen molar-refractivity contribution in [3.05, 3.63) is 33.9 Å². The lowest BCUT2D eigenvalue weighted by molar-refractivity contribution is -0.384. The first-order valence-electron chi connectivity index (χ1n) is 5.12. The molecule has 1 heterocycles. The van der Waals surface area contributed by atoms with Crippen molar-refractivity contribution in [2.75, 3.05) is 0 Å². The van der Waals surface area contributed by atoms with Crippen molar-refractivity contribution in [1.29, 1.82) is 0 Å². The Hall–Kier alpha value is -1.56. The summed E-state index contributed by atoms with van der Waals surface area (Å²) in [5.74, 6) is 0.611. The molecule has 0 spiro atoms. The molecule has 0 amide bonds. The fraction of sp³-hybridized carbons (Fsp3) is 0.364. The van der Waals surface area contributed by atoms with Gasteiger partial charge >= 0.3 is 0 Å². The molecule has 6 heteroatoms. The van der Waals surface area contributed by atoms with Gasteiger partial charge in [-0.3, -0.25) is 10.1 Å². The molecule has 2 rings (SSSR count). The van der Waals surface area contributed by atoms with Crippen LogP contribution in [0.3, 0.4) is 0 Å². The van der Waals surface area contributed by atoms with E-state index in [1.807, 2.05) is 13.8 Å². The maximum atomic E-state index is 10.7. The predicted molar refractivity (Wildman–Crippen MR) is 67.9 cm³/mol. The first kappa shape index (κ1) is 11.9. The van der Waals surface area contributed by atoms with Crippen LogP contribution in [0.25, 0.3) is 0 Å². The van der Waals surface area contributed by atoms with E-state index in [9.17, 15) is 10.1 Å². The molecule has 0 saturated heterocycles. The number of fused-ring (bicyclic) bond motifs is 1. The normalized spacial score (nSPS) is 19.6. The van der Waals surface area contributed by atoms with Gasteiger partial charge in [-0.2, -0.15) is 0 Å². The third-order valence-electron chi connectivity index (χ3n) is 2.58. The van der Waals surface area contributed by atoms with Crippen LogP contribution in [0.4, 0.5) is 5.69 Å². The summed E-state index contributed by atoms with van der Waals surface area (Å²) in [7, 11) is 0. The molecule has 0 radical (unpaired) electrons. The van der Waals surface area contributed by atoms with Crippen LogP contribution in [0.5, 0.6) is 5.75 Å². The SMILES string of the molecule is CC1(C)C/C(=N\S)c2cc([N+](=O)[O-])ccc2O1. The summed E-state index contributed by atoms with van der Waals surface area (Å²) < 4.78 is 9.64. The quantitative estimate of drug-likeness (QED) is 0.475. The summed E-state index contributed by atoms with van der Waals surface area (Å²) in [6.45, 7) is 3.88. The molecule has 1 aliphatic rings. The van der Waals surface area contributed by atoms with Crippen molar-refractivity contribution in [2.24, 2.45) is 4.40 Å². The zero-order valence-electron chi connectivity index (χ0n) is 9.51. The minimum absolute atomic E-state index is 0.0292. The monoisotopic (exact) mass is 252 g/mol. The number of nitro benzene ring substituents is 1. The van der Waals surface area contributed by atoms with E-state index in [2.05, 4.69) is 17.2 Å². The number of nitro groups is 1. The molecule has 5 nitrogen and oxygen atoms in total. The fourth-order valence-electron chi connectivity index (χ4n) is 1.87. The van der Waals surface area contributed by atoms with Gasteiger partial charge in [0.25, 0.3) is 5.69 Å². The minimum Gasteiger partial charge on any atom is -0.487 e. The zero-order chi connectivity index (χ0) is 12.6. The molecule has 90 valence electrons. The molecule has 0 atom stereocenters. The highest BCUT2D eigenvalue weighted by Crippen LogP contribution is 2.35. The molecule has 0 unspecified atom stereocenters. The fourth-order valence-corrected chi connectivity index (χ4v) is 2.05. The van der Waals surface area contributed by atoms with E-state index in [0.717, 1.165) is 0 Å². The van der Waals surface area contributed by atoms with Crippen molar-refractivity contribution in [2.45, 2.75) is 25.9 Å². The van der Waals surface area contributed by atoms with Gasteiger partial charge in [0.15, 0.2) is 0 Å². The Bertz CT molecular complexity index is 511. The first-order valence-corrected chi connectivity index (χ1v) is 5.52. The second-order valence-corrected chi connectivity index (χ2v) is 4.72. The third kappa shape index (κ3) is 2.26. The summed E-state index contributed by atoms with van der Waals surface area (Å²) in [5, 5.41) is 10.7. The number of hydrogen-bond donors (Lipinski definition) is 1. The van der Waals surface area contributed by atoms with Crippen LogP contribution in [0, 0.1) is 10.1 Å². The van der Waals surface area contributed by atoms with Crippen LogP contribution in [-0.2, 0) is 0 Å². The Morgan fingerprint density at radius 1 is 1.53 bits per heavy atom. The Labute approximate surface area is 104 Å². The molecule has 1 aliphatic heterocycles. The van der Waals surface area contributed by atoms with E-state index >= 15 is 0 Å². The van der Waals surface area contributed by atoms with Crippen molar-refractivity contribution in [3.8, 4) is 5.75 Å². The van der Waals surface area contributed by atoms with Crippen LogP contribution in [0.1, 0.15) is 25.8 Å². The van der Waals surface area contributed by atoms with Crippen LogP contribution < -0.4 is 4.74 Å². The molecule has 0 aliphatic carbocycles. The van der Waals surface area contributed by atoms with Gasteiger partial charge in [0, 0.05) is 24.1 Å². The lowest BCUT2D eigenvalue weighted by Crippen LogP contribution is -2.36. The highest BCUT2D eigenvalue weighted by atomic mass is 32.1. The molecule has 0 bridgehead atoms. The highest BCUT2D eigenvalue weighted by Gasteiger charge is 2.32. The molecule has 1 aromatic carbocycles. The molecule has 1 aromatic rings. The summed E-state index contributed by atoms with van der Waals surface area (Å²) in [6.07, 6.45) is 0.574. The number of nitrogens with zero attached hydrogens (tertiary/aromatic N) is 2. The minimum atomic E-state index is -0.434. The summed E-state index contributed by atoms with van der Waals surface area (Å²) >= 11 is 3.91. The maximum Gasteiger partial charge on any atom is 0.270 e. The van der Waals surface area contributed by atoms with Crippen LogP contribution >= 0.6 is 12.8 Å². The number of thiol groups is 1. The molecular formula is C11H12N2O3S. The van der Waals surface area contributed by atoms with E-state index in [4.69, 9.17) is 4.74 Å². The topological polar surface area (TPSA) is 64.7 Å². The smallest absolute Gasteiger partial charge is 0.270 e. The molecule has 0 aromatic heterocycles. The molecular weight excluding hydrogens is 240 g/mol. The van der Waals surface area contributed by atoms with Crippen molar-refractivity contribution in [3.63, 3.8) is 0 Å². The van der Waals surface area contributed by atoms with Crippen molar-refractivity contribution >= 4 is 24.2 Å². The number of rotatable bonds is 1. The number of non-ortho nitro benzene ring substituents is 1. The van der Waals surface area contributed by atoms with Gasteiger partial charge in [0.1, 0.15) is 11.4 Å². The molecule has 0 N–H and O–H groups in total. The van der Waals surface area contributed by atoms with E-state index in [0.29, 0.717) is 23.4 Å². The summed E-state index contributed by atoms with van der Waals surface area (Å²) in [5.41, 5.74) is 1.02. The summed E-state index contributed by atoms with van der Waals surface area (Å²) in [4.78, 5) is 10.3. The average molecular weight is 252 g/mol. The predicted octanol–water partition coefficient (Wildman–Crippen LogP) is 2.79. The van der Waals surface area contributed by atoms with E-state index < -0.39 is 4.92 Å². The largest absolute Gasteiger partial charge is 0.487 e. The van der Waals surface area contributed by atoms with Gasteiger partial charge in [-0.05, 0) is 32.7 Å². The first-order chi connectivity index (χ1) is 7.93.